The Morgan fingerprint density at radius 2 is 1.82 bits per heavy atom. The minimum absolute atomic E-state index is 0.00124. The molecule has 0 unspecified atom stereocenters. The summed E-state index contributed by atoms with van der Waals surface area (Å²) in [6, 6.07) is 11.1. The number of amides is 3. The molecule has 1 aromatic rings. The molecule has 1 N–H and O–H groups in total. The van der Waals surface area contributed by atoms with Gasteiger partial charge in [0.05, 0.1) is 5.54 Å². The van der Waals surface area contributed by atoms with Crippen molar-refractivity contribution in [3.63, 3.8) is 0 Å². The van der Waals surface area contributed by atoms with Gasteiger partial charge in [0.1, 0.15) is 0 Å². The number of nitrogens with zero attached hydrogens (tertiary/aromatic N) is 3. The number of benzene rings is 1. The number of nitrogens with one attached hydrogen (secondary N) is 1. The van der Waals surface area contributed by atoms with Crippen molar-refractivity contribution in [3.05, 3.63) is 35.9 Å². The van der Waals surface area contributed by atoms with E-state index >= 15 is 0 Å². The molecule has 2 aliphatic carbocycles. The lowest BCUT2D eigenvalue weighted by Crippen LogP contribution is -2.57. The van der Waals surface area contributed by atoms with E-state index in [2.05, 4.69) is 66.3 Å². The first-order chi connectivity index (χ1) is 16.3. The molecule has 1 saturated heterocycles. The minimum Gasteiger partial charge on any atom is -0.359 e. The summed E-state index contributed by atoms with van der Waals surface area (Å²) >= 11 is 0. The Balaban J connectivity index is 1.57. The highest BCUT2D eigenvalue weighted by atomic mass is 16.2. The smallest absolute Gasteiger partial charge is 0.320 e. The van der Waals surface area contributed by atoms with Gasteiger partial charge in [0.25, 0.3) is 0 Å². The van der Waals surface area contributed by atoms with Crippen LogP contribution in [0.4, 0.5) is 4.79 Å². The molecule has 1 spiro atoms. The fourth-order valence-corrected chi connectivity index (χ4v) is 6.54. The number of hydrogen-bond acceptors (Lipinski definition) is 3. The summed E-state index contributed by atoms with van der Waals surface area (Å²) in [7, 11) is 3.95. The Morgan fingerprint density at radius 3 is 2.38 bits per heavy atom. The lowest BCUT2D eigenvalue weighted by molar-refractivity contribution is -0.120. The third kappa shape index (κ3) is 4.84. The van der Waals surface area contributed by atoms with Gasteiger partial charge >= 0.3 is 6.03 Å². The topological polar surface area (TPSA) is 55.9 Å². The molecule has 6 heteroatoms. The van der Waals surface area contributed by atoms with Crippen LogP contribution in [0.2, 0.25) is 0 Å². The third-order valence-electron chi connectivity index (χ3n) is 8.80. The van der Waals surface area contributed by atoms with Gasteiger partial charge in [-0.05, 0) is 63.0 Å². The number of carbonyl (C=O) groups excluding carboxylic acids is 2. The minimum atomic E-state index is -0.105. The fraction of sp³-hybridized carbons (Fsp3) is 0.714. The standard InChI is InChI=1S/C28H44N4O2/c1-22(2)19-30(4)28(24-11-6-5-7-12-24)16-14-27(15-17-28)21-31(18-13-25(33)29-3)26(34)32(27)20-23-9-8-10-23/h5-7,11-12,22-23H,8-10,13-21H2,1-4H3,(H,29,33)/t27-,28+. The van der Waals surface area contributed by atoms with Crippen LogP contribution in [0, 0.1) is 11.8 Å². The second kappa shape index (κ2) is 10.3. The summed E-state index contributed by atoms with van der Waals surface area (Å²) in [6.07, 6.45) is 8.28. The number of urea groups is 1. The van der Waals surface area contributed by atoms with Crippen molar-refractivity contribution in [3.8, 4) is 0 Å². The van der Waals surface area contributed by atoms with Gasteiger partial charge < -0.3 is 15.1 Å². The van der Waals surface area contributed by atoms with Crippen LogP contribution in [0.3, 0.4) is 0 Å². The van der Waals surface area contributed by atoms with Crippen LogP contribution in [0.25, 0.3) is 0 Å². The first kappa shape index (κ1) is 25.0. The maximum atomic E-state index is 13.6. The predicted octanol–water partition coefficient (Wildman–Crippen LogP) is 4.46. The maximum Gasteiger partial charge on any atom is 0.320 e. The Kier molecular flexibility index (Phi) is 7.56. The van der Waals surface area contributed by atoms with E-state index in [1.807, 2.05) is 4.90 Å². The zero-order valence-corrected chi connectivity index (χ0v) is 21.7. The largest absolute Gasteiger partial charge is 0.359 e. The summed E-state index contributed by atoms with van der Waals surface area (Å²) in [4.78, 5) is 32.2. The van der Waals surface area contributed by atoms with Gasteiger partial charge in [0.15, 0.2) is 0 Å². The van der Waals surface area contributed by atoms with E-state index in [1.54, 1.807) is 7.05 Å². The van der Waals surface area contributed by atoms with Crippen LogP contribution in [-0.2, 0) is 10.3 Å². The lowest BCUT2D eigenvalue weighted by atomic mass is 9.67. The van der Waals surface area contributed by atoms with Gasteiger partial charge in [0.2, 0.25) is 5.91 Å². The van der Waals surface area contributed by atoms with E-state index < -0.39 is 0 Å². The lowest BCUT2D eigenvalue weighted by Gasteiger charge is -2.52. The van der Waals surface area contributed by atoms with E-state index in [0.29, 0.717) is 24.8 Å². The average Bonchev–Trinajstić information content (AvgIpc) is 3.05. The SMILES string of the molecule is CNC(=O)CCN1C[C@]2(CC[C@](c3ccccc3)(N(C)CC(C)C)CC2)N(CC2CCC2)C1=O. The molecular formula is C28H44N4O2. The Morgan fingerprint density at radius 1 is 1.15 bits per heavy atom. The van der Waals surface area contributed by atoms with Gasteiger partial charge in [-0.3, -0.25) is 9.69 Å². The number of hydrogen-bond donors (Lipinski definition) is 1. The highest BCUT2D eigenvalue weighted by molar-refractivity contribution is 5.80. The van der Waals surface area contributed by atoms with Crippen molar-refractivity contribution in [2.75, 3.05) is 40.3 Å². The fourth-order valence-electron chi connectivity index (χ4n) is 6.54. The highest BCUT2D eigenvalue weighted by Gasteiger charge is 2.55. The van der Waals surface area contributed by atoms with Crippen molar-refractivity contribution in [2.24, 2.45) is 11.8 Å². The van der Waals surface area contributed by atoms with Crippen LogP contribution >= 0.6 is 0 Å². The summed E-state index contributed by atoms with van der Waals surface area (Å²) in [6.45, 7) is 7.80. The van der Waals surface area contributed by atoms with E-state index in [9.17, 15) is 9.59 Å². The summed E-state index contributed by atoms with van der Waals surface area (Å²) in [5.41, 5.74) is 1.31. The van der Waals surface area contributed by atoms with E-state index in [0.717, 1.165) is 45.3 Å². The van der Waals surface area contributed by atoms with Gasteiger partial charge in [-0.2, -0.15) is 0 Å². The normalized spacial score (nSPS) is 27.6. The van der Waals surface area contributed by atoms with Gasteiger partial charge in [-0.1, -0.05) is 50.6 Å². The van der Waals surface area contributed by atoms with Crippen molar-refractivity contribution < 1.29 is 9.59 Å². The predicted molar refractivity (Wildman–Crippen MR) is 136 cm³/mol. The molecule has 1 heterocycles. The molecule has 3 aliphatic rings. The zero-order chi connectivity index (χ0) is 24.3. The van der Waals surface area contributed by atoms with Crippen LogP contribution in [0.1, 0.15) is 70.8 Å². The average molecular weight is 469 g/mol. The molecule has 3 fully saturated rings. The molecular weight excluding hydrogens is 424 g/mol. The van der Waals surface area contributed by atoms with Crippen molar-refractivity contribution in [1.82, 2.24) is 20.0 Å². The molecule has 3 amide bonds. The van der Waals surface area contributed by atoms with Crippen LogP contribution in [0.15, 0.2) is 30.3 Å². The summed E-state index contributed by atoms with van der Waals surface area (Å²) in [5, 5.41) is 2.70. The molecule has 1 aliphatic heterocycles. The molecule has 1 aromatic carbocycles. The first-order valence-corrected chi connectivity index (χ1v) is 13.3. The third-order valence-corrected chi connectivity index (χ3v) is 8.80. The second-order valence-corrected chi connectivity index (χ2v) is 11.4. The molecule has 0 bridgehead atoms. The molecule has 6 nitrogen and oxygen atoms in total. The van der Waals surface area contributed by atoms with E-state index in [4.69, 9.17) is 0 Å². The van der Waals surface area contributed by atoms with Gasteiger partial charge in [-0.25, -0.2) is 4.79 Å². The maximum absolute atomic E-state index is 13.6. The van der Waals surface area contributed by atoms with Gasteiger partial charge in [0, 0.05) is 45.2 Å². The molecule has 0 radical (unpaired) electrons. The van der Waals surface area contributed by atoms with Crippen LogP contribution < -0.4 is 5.32 Å². The van der Waals surface area contributed by atoms with Crippen molar-refractivity contribution in [2.45, 2.75) is 76.3 Å². The number of rotatable bonds is 9. The van der Waals surface area contributed by atoms with Crippen molar-refractivity contribution >= 4 is 11.9 Å². The number of carbonyl (C=O) groups is 2. The molecule has 4 rings (SSSR count). The summed E-state index contributed by atoms with van der Waals surface area (Å²) in [5.74, 6) is 1.25. The van der Waals surface area contributed by atoms with E-state index in [1.165, 1.54) is 24.8 Å². The Bertz CT molecular complexity index is 843. The first-order valence-electron chi connectivity index (χ1n) is 13.3. The molecule has 188 valence electrons. The molecule has 2 saturated carbocycles. The van der Waals surface area contributed by atoms with E-state index in [-0.39, 0.29) is 23.0 Å². The summed E-state index contributed by atoms with van der Waals surface area (Å²) < 4.78 is 0. The monoisotopic (exact) mass is 468 g/mol. The Labute approximate surface area is 206 Å². The Hall–Kier alpha value is -2.08. The highest BCUT2D eigenvalue weighted by Crippen LogP contribution is 2.50. The zero-order valence-electron chi connectivity index (χ0n) is 21.7. The molecule has 0 aromatic heterocycles. The quantitative estimate of drug-likeness (QED) is 0.582. The van der Waals surface area contributed by atoms with Gasteiger partial charge in [-0.15, -0.1) is 0 Å². The molecule has 34 heavy (non-hydrogen) atoms. The molecule has 0 atom stereocenters. The van der Waals surface area contributed by atoms with Crippen molar-refractivity contribution in [1.29, 1.82) is 0 Å². The van der Waals surface area contributed by atoms with Crippen LogP contribution in [-0.4, -0.2) is 72.5 Å². The van der Waals surface area contributed by atoms with Crippen LogP contribution in [0.5, 0.6) is 0 Å². The second-order valence-electron chi connectivity index (χ2n) is 11.4.